The summed E-state index contributed by atoms with van der Waals surface area (Å²) in [5.41, 5.74) is 1.81. The van der Waals surface area contributed by atoms with E-state index in [9.17, 15) is 0 Å². The molecule has 1 fully saturated rings. The third kappa shape index (κ3) is 2.40. The van der Waals surface area contributed by atoms with Crippen LogP contribution in [0, 0.1) is 5.41 Å². The van der Waals surface area contributed by atoms with Crippen molar-refractivity contribution in [2.24, 2.45) is 5.41 Å². The molecule has 1 N–H and O–H groups in total. The summed E-state index contributed by atoms with van der Waals surface area (Å²) in [7, 11) is 0. The topological polar surface area (TPSA) is 29.9 Å². The molecule has 15 heavy (non-hydrogen) atoms. The molecule has 0 radical (unpaired) electrons. The van der Waals surface area contributed by atoms with E-state index in [4.69, 9.17) is 0 Å². The first-order valence-electron chi connectivity index (χ1n) is 5.86. The molecule has 1 saturated carbocycles. The molecule has 0 aromatic carbocycles. The molecule has 0 saturated heterocycles. The van der Waals surface area contributed by atoms with Crippen molar-refractivity contribution < 1.29 is 0 Å². The van der Waals surface area contributed by atoms with Crippen molar-refractivity contribution in [3.05, 3.63) is 18.2 Å². The minimum Gasteiger partial charge on any atom is -0.333 e. The molecular formula is C12H21N3. The van der Waals surface area contributed by atoms with Gasteiger partial charge in [0.1, 0.15) is 0 Å². The van der Waals surface area contributed by atoms with Gasteiger partial charge in [0.15, 0.2) is 0 Å². The molecule has 1 aromatic rings. The maximum Gasteiger partial charge on any atom is 0.0948 e. The van der Waals surface area contributed by atoms with Crippen molar-refractivity contribution in [1.29, 1.82) is 0 Å². The molecular weight excluding hydrogens is 186 g/mol. The summed E-state index contributed by atoms with van der Waals surface area (Å²) in [6.07, 6.45) is 6.36. The maximum absolute atomic E-state index is 4.20. The number of aryl methyl sites for hydroxylation is 1. The highest BCUT2D eigenvalue weighted by Gasteiger charge is 2.45. The SMILES string of the molecule is CCCn1cncc1CNC1CC1(C)C. The lowest BCUT2D eigenvalue weighted by Gasteiger charge is -2.09. The van der Waals surface area contributed by atoms with Crippen molar-refractivity contribution in [2.45, 2.75) is 52.7 Å². The van der Waals surface area contributed by atoms with Crippen molar-refractivity contribution >= 4 is 0 Å². The van der Waals surface area contributed by atoms with Gasteiger partial charge in [0.25, 0.3) is 0 Å². The van der Waals surface area contributed by atoms with Crippen LogP contribution < -0.4 is 5.32 Å². The number of nitrogens with one attached hydrogen (secondary N) is 1. The Morgan fingerprint density at radius 1 is 1.60 bits per heavy atom. The molecule has 2 rings (SSSR count). The Morgan fingerprint density at radius 2 is 2.33 bits per heavy atom. The van der Waals surface area contributed by atoms with Crippen LogP contribution in [0.15, 0.2) is 12.5 Å². The van der Waals surface area contributed by atoms with Gasteiger partial charge in [-0.3, -0.25) is 0 Å². The van der Waals surface area contributed by atoms with Crippen LogP contribution in [-0.4, -0.2) is 15.6 Å². The second kappa shape index (κ2) is 3.97. The summed E-state index contributed by atoms with van der Waals surface area (Å²) in [6.45, 7) is 8.85. The number of nitrogens with zero attached hydrogens (tertiary/aromatic N) is 2. The van der Waals surface area contributed by atoms with Gasteiger partial charge >= 0.3 is 0 Å². The Labute approximate surface area is 91.9 Å². The fourth-order valence-electron chi connectivity index (χ4n) is 1.98. The highest BCUT2D eigenvalue weighted by Crippen LogP contribution is 2.44. The largest absolute Gasteiger partial charge is 0.333 e. The molecule has 0 spiro atoms. The second-order valence-electron chi connectivity index (χ2n) is 5.20. The van der Waals surface area contributed by atoms with E-state index in [0.29, 0.717) is 11.5 Å². The maximum atomic E-state index is 4.20. The number of hydrogen-bond acceptors (Lipinski definition) is 2. The monoisotopic (exact) mass is 207 g/mol. The Kier molecular flexibility index (Phi) is 2.83. The molecule has 84 valence electrons. The van der Waals surface area contributed by atoms with E-state index in [-0.39, 0.29) is 0 Å². The zero-order valence-corrected chi connectivity index (χ0v) is 9.95. The van der Waals surface area contributed by atoms with Crippen molar-refractivity contribution in [3.8, 4) is 0 Å². The molecule has 3 nitrogen and oxygen atoms in total. The molecule has 3 heteroatoms. The molecule has 0 aliphatic heterocycles. The standard InChI is InChI=1S/C12H21N3/c1-4-5-15-9-13-7-10(15)8-14-11-6-12(11,2)3/h7,9,11,14H,4-6,8H2,1-3H3. The molecule has 1 atom stereocenters. The Morgan fingerprint density at radius 3 is 2.93 bits per heavy atom. The van der Waals surface area contributed by atoms with Gasteiger partial charge in [-0.2, -0.15) is 0 Å². The van der Waals surface area contributed by atoms with Gasteiger partial charge in [-0.05, 0) is 18.3 Å². The van der Waals surface area contributed by atoms with Gasteiger partial charge in [0.05, 0.1) is 12.0 Å². The summed E-state index contributed by atoms with van der Waals surface area (Å²) in [4.78, 5) is 4.20. The van der Waals surface area contributed by atoms with Gasteiger partial charge in [-0.1, -0.05) is 20.8 Å². The number of rotatable bonds is 5. The molecule has 1 heterocycles. The average Bonchev–Trinajstić information content (AvgIpc) is 2.61. The predicted octanol–water partition coefficient (Wildman–Crippen LogP) is 2.18. The van der Waals surface area contributed by atoms with E-state index < -0.39 is 0 Å². The summed E-state index contributed by atoms with van der Waals surface area (Å²) in [5.74, 6) is 0. The third-order valence-corrected chi connectivity index (χ3v) is 3.31. The van der Waals surface area contributed by atoms with Gasteiger partial charge in [-0.15, -0.1) is 0 Å². The molecule has 1 aliphatic carbocycles. The third-order valence-electron chi connectivity index (χ3n) is 3.31. The summed E-state index contributed by atoms with van der Waals surface area (Å²) < 4.78 is 2.24. The van der Waals surface area contributed by atoms with Crippen LogP contribution in [0.25, 0.3) is 0 Å². The molecule has 0 bridgehead atoms. The molecule has 0 amide bonds. The van der Waals surface area contributed by atoms with Crippen LogP contribution >= 0.6 is 0 Å². The first kappa shape index (κ1) is 10.7. The highest BCUT2D eigenvalue weighted by atomic mass is 15.1. The van der Waals surface area contributed by atoms with Crippen LogP contribution in [-0.2, 0) is 13.1 Å². The number of imidazole rings is 1. The minimum absolute atomic E-state index is 0.510. The van der Waals surface area contributed by atoms with E-state index in [2.05, 4.69) is 35.6 Å². The van der Waals surface area contributed by atoms with Gasteiger partial charge in [-0.25, -0.2) is 4.98 Å². The molecule has 1 aliphatic rings. The Bertz CT molecular complexity index is 327. The van der Waals surface area contributed by atoms with Gasteiger partial charge in [0.2, 0.25) is 0 Å². The number of aromatic nitrogens is 2. The van der Waals surface area contributed by atoms with E-state index in [0.717, 1.165) is 19.5 Å². The summed E-state index contributed by atoms with van der Waals surface area (Å²) in [6, 6.07) is 0.697. The first-order valence-corrected chi connectivity index (χ1v) is 5.86. The molecule has 1 unspecified atom stereocenters. The summed E-state index contributed by atoms with van der Waals surface area (Å²) in [5, 5.41) is 3.59. The van der Waals surface area contributed by atoms with Crippen LogP contribution in [0.4, 0.5) is 0 Å². The van der Waals surface area contributed by atoms with E-state index in [1.807, 2.05) is 12.5 Å². The van der Waals surface area contributed by atoms with Crippen LogP contribution in [0.5, 0.6) is 0 Å². The smallest absolute Gasteiger partial charge is 0.0948 e. The van der Waals surface area contributed by atoms with Crippen molar-refractivity contribution in [3.63, 3.8) is 0 Å². The zero-order valence-electron chi connectivity index (χ0n) is 9.95. The lowest BCUT2D eigenvalue weighted by Crippen LogP contribution is -2.21. The van der Waals surface area contributed by atoms with Crippen molar-refractivity contribution in [2.75, 3.05) is 0 Å². The lowest BCUT2D eigenvalue weighted by atomic mass is 10.2. The number of hydrogen-bond donors (Lipinski definition) is 1. The van der Waals surface area contributed by atoms with Gasteiger partial charge < -0.3 is 9.88 Å². The lowest BCUT2D eigenvalue weighted by molar-refractivity contribution is 0.526. The van der Waals surface area contributed by atoms with Crippen LogP contribution in [0.1, 0.15) is 39.3 Å². The average molecular weight is 207 g/mol. The Hall–Kier alpha value is -0.830. The first-order chi connectivity index (χ1) is 7.13. The van der Waals surface area contributed by atoms with Crippen molar-refractivity contribution in [1.82, 2.24) is 14.9 Å². The summed E-state index contributed by atoms with van der Waals surface area (Å²) >= 11 is 0. The zero-order chi connectivity index (χ0) is 10.9. The normalized spacial score (nSPS) is 23.0. The predicted molar refractivity (Wildman–Crippen MR) is 61.5 cm³/mol. The highest BCUT2D eigenvalue weighted by molar-refractivity contribution is 5.05. The Balaban J connectivity index is 1.85. The van der Waals surface area contributed by atoms with Crippen LogP contribution in [0.2, 0.25) is 0 Å². The quantitative estimate of drug-likeness (QED) is 0.802. The molecule has 1 aromatic heterocycles. The van der Waals surface area contributed by atoms with Crippen LogP contribution in [0.3, 0.4) is 0 Å². The minimum atomic E-state index is 0.510. The fraction of sp³-hybridized carbons (Fsp3) is 0.750. The fourth-order valence-corrected chi connectivity index (χ4v) is 1.98. The van der Waals surface area contributed by atoms with Gasteiger partial charge in [0, 0.05) is 25.3 Å². The van der Waals surface area contributed by atoms with E-state index in [1.54, 1.807) is 0 Å². The van der Waals surface area contributed by atoms with E-state index >= 15 is 0 Å². The van der Waals surface area contributed by atoms with E-state index in [1.165, 1.54) is 12.1 Å². The second-order valence-corrected chi connectivity index (χ2v) is 5.20.